The van der Waals surface area contributed by atoms with E-state index in [1.165, 1.54) is 16.7 Å². The molecule has 21 heavy (non-hydrogen) atoms. The first-order valence-electron chi connectivity index (χ1n) is 7.08. The molecule has 6 nitrogen and oxygen atoms in total. The van der Waals surface area contributed by atoms with Crippen molar-refractivity contribution >= 4 is 23.8 Å². The number of nitrogens with one attached hydrogen (secondary N) is 1. The van der Waals surface area contributed by atoms with Crippen LogP contribution in [0, 0.1) is 5.92 Å². The van der Waals surface area contributed by atoms with Crippen LogP contribution in [-0.2, 0) is 9.53 Å². The van der Waals surface area contributed by atoms with Gasteiger partial charge >= 0.3 is 12.0 Å². The van der Waals surface area contributed by atoms with Crippen molar-refractivity contribution in [3.63, 3.8) is 0 Å². The Kier molecular flexibility index (Phi) is 7.60. The summed E-state index contributed by atoms with van der Waals surface area (Å²) in [5.41, 5.74) is 0. The number of amides is 2. The second-order valence-electron chi connectivity index (χ2n) is 5.15. The van der Waals surface area contributed by atoms with Crippen molar-refractivity contribution in [2.45, 2.75) is 31.7 Å². The van der Waals surface area contributed by atoms with Gasteiger partial charge in [-0.2, -0.15) is 0 Å². The van der Waals surface area contributed by atoms with Crippen LogP contribution in [0.15, 0.2) is 12.7 Å². The van der Waals surface area contributed by atoms with E-state index in [2.05, 4.69) is 11.9 Å². The van der Waals surface area contributed by atoms with Crippen LogP contribution in [0.25, 0.3) is 0 Å². The summed E-state index contributed by atoms with van der Waals surface area (Å²) in [5, 5.41) is 11.9. The van der Waals surface area contributed by atoms with Gasteiger partial charge in [-0.1, -0.05) is 19.9 Å². The smallest absolute Gasteiger partial charge is 0.327 e. The van der Waals surface area contributed by atoms with Crippen molar-refractivity contribution in [1.29, 1.82) is 0 Å². The summed E-state index contributed by atoms with van der Waals surface area (Å²) in [6.45, 7) is 8.92. The first kappa shape index (κ1) is 17.8. The number of carbonyl (C=O) groups is 2. The summed E-state index contributed by atoms with van der Waals surface area (Å²) in [4.78, 5) is 24.9. The predicted molar refractivity (Wildman–Crippen MR) is 83.4 cm³/mol. The lowest BCUT2D eigenvalue weighted by molar-refractivity contribution is -0.141. The van der Waals surface area contributed by atoms with Crippen LogP contribution >= 0.6 is 11.8 Å². The van der Waals surface area contributed by atoms with Crippen molar-refractivity contribution in [2.24, 2.45) is 5.92 Å². The van der Waals surface area contributed by atoms with Gasteiger partial charge in [0, 0.05) is 12.3 Å². The largest absolute Gasteiger partial charge is 0.480 e. The van der Waals surface area contributed by atoms with Crippen molar-refractivity contribution in [3.05, 3.63) is 12.7 Å². The molecule has 7 heteroatoms. The number of hydrogen-bond donors (Lipinski definition) is 2. The molecule has 0 aliphatic carbocycles. The summed E-state index contributed by atoms with van der Waals surface area (Å²) in [6.07, 6.45) is 2.54. The molecule has 120 valence electrons. The normalized spacial score (nSPS) is 21.6. The fourth-order valence-corrected chi connectivity index (χ4v) is 3.55. The van der Waals surface area contributed by atoms with E-state index in [1.54, 1.807) is 6.08 Å². The van der Waals surface area contributed by atoms with Gasteiger partial charge in [0.2, 0.25) is 0 Å². The molecule has 0 aromatic carbocycles. The molecule has 0 spiro atoms. The maximum Gasteiger partial charge on any atom is 0.327 e. The zero-order valence-corrected chi connectivity index (χ0v) is 13.4. The fourth-order valence-electron chi connectivity index (χ4n) is 2.08. The molecule has 0 aromatic heterocycles. The zero-order chi connectivity index (χ0) is 15.8. The monoisotopic (exact) mass is 316 g/mol. The molecule has 0 radical (unpaired) electrons. The van der Waals surface area contributed by atoms with Gasteiger partial charge in [-0.3, -0.25) is 4.90 Å². The van der Waals surface area contributed by atoms with Crippen LogP contribution < -0.4 is 5.32 Å². The van der Waals surface area contributed by atoms with Crippen LogP contribution in [0.5, 0.6) is 0 Å². The Morgan fingerprint density at radius 3 is 2.81 bits per heavy atom. The second-order valence-corrected chi connectivity index (χ2v) is 6.30. The Labute approximate surface area is 129 Å². The van der Waals surface area contributed by atoms with E-state index in [0.29, 0.717) is 25.5 Å². The summed E-state index contributed by atoms with van der Waals surface area (Å²) in [6, 6.07) is -1.09. The van der Waals surface area contributed by atoms with Crippen LogP contribution in [0.2, 0.25) is 0 Å². The number of hydrogen-bond acceptors (Lipinski definition) is 4. The maximum absolute atomic E-state index is 12.2. The molecule has 1 rings (SSSR count). The number of carboxylic acids is 1. The number of urea groups is 1. The van der Waals surface area contributed by atoms with E-state index in [0.717, 1.165) is 6.42 Å². The number of rotatable bonds is 8. The van der Waals surface area contributed by atoms with Crippen LogP contribution in [0.3, 0.4) is 0 Å². The molecule has 1 aliphatic heterocycles. The van der Waals surface area contributed by atoms with Crippen molar-refractivity contribution < 1.29 is 19.4 Å². The first-order valence-corrected chi connectivity index (χ1v) is 8.13. The SMILES string of the molecule is C=CCCOCCNC(=O)N1C(C(=O)O)CSC1C(C)C. The van der Waals surface area contributed by atoms with Crippen molar-refractivity contribution in [2.75, 3.05) is 25.5 Å². The minimum Gasteiger partial charge on any atom is -0.480 e. The van der Waals surface area contributed by atoms with E-state index in [-0.39, 0.29) is 17.3 Å². The average molecular weight is 316 g/mol. The number of thioether (sulfide) groups is 1. The number of carboxylic acid groups (broad SMARTS) is 1. The first-order chi connectivity index (χ1) is 9.99. The van der Waals surface area contributed by atoms with E-state index in [1.807, 2.05) is 13.8 Å². The molecule has 1 aliphatic rings. The second kappa shape index (κ2) is 8.94. The Bertz CT molecular complexity index is 376. The number of carbonyl (C=O) groups excluding carboxylic acids is 1. The summed E-state index contributed by atoms with van der Waals surface area (Å²) < 4.78 is 5.31. The van der Waals surface area contributed by atoms with Crippen molar-refractivity contribution in [3.8, 4) is 0 Å². The standard InChI is InChI=1S/C14H24N2O4S/c1-4-5-7-20-8-6-15-14(19)16-11(13(17)18)9-21-12(16)10(2)3/h4,10-12H,1,5-9H2,2-3H3,(H,15,19)(H,17,18). The molecule has 2 N–H and O–H groups in total. The molecule has 2 atom stereocenters. The lowest BCUT2D eigenvalue weighted by Crippen LogP contribution is -2.51. The quantitative estimate of drug-likeness (QED) is 0.527. The molecular formula is C14H24N2O4S. The fraction of sp³-hybridized carbons (Fsp3) is 0.714. The minimum absolute atomic E-state index is 0.104. The number of nitrogens with zero attached hydrogens (tertiary/aromatic N) is 1. The third-order valence-electron chi connectivity index (χ3n) is 3.11. The van der Waals surface area contributed by atoms with Gasteiger partial charge < -0.3 is 15.2 Å². The van der Waals surface area contributed by atoms with Gasteiger partial charge in [0.15, 0.2) is 0 Å². The number of aliphatic carboxylic acids is 1. The highest BCUT2D eigenvalue weighted by Gasteiger charge is 2.42. The predicted octanol–water partition coefficient (Wildman–Crippen LogP) is 1.77. The molecule has 2 unspecified atom stereocenters. The molecule has 0 saturated carbocycles. The topological polar surface area (TPSA) is 78.9 Å². The van der Waals surface area contributed by atoms with Crippen LogP contribution in [0.1, 0.15) is 20.3 Å². The minimum atomic E-state index is -0.956. The van der Waals surface area contributed by atoms with Gasteiger partial charge in [0.25, 0.3) is 0 Å². The molecule has 1 heterocycles. The van der Waals surface area contributed by atoms with Crippen LogP contribution in [0.4, 0.5) is 4.79 Å². The molecule has 1 saturated heterocycles. The Hall–Kier alpha value is -1.21. The van der Waals surface area contributed by atoms with Crippen molar-refractivity contribution in [1.82, 2.24) is 10.2 Å². The lowest BCUT2D eigenvalue weighted by atomic mass is 10.2. The molecule has 2 amide bonds. The highest BCUT2D eigenvalue weighted by molar-refractivity contribution is 8.00. The van der Waals surface area contributed by atoms with E-state index >= 15 is 0 Å². The molecular weight excluding hydrogens is 292 g/mol. The van der Waals surface area contributed by atoms with E-state index in [9.17, 15) is 14.7 Å². The molecule has 1 fully saturated rings. The Balaban J connectivity index is 2.47. The average Bonchev–Trinajstić information content (AvgIpc) is 2.87. The zero-order valence-electron chi connectivity index (χ0n) is 12.6. The van der Waals surface area contributed by atoms with E-state index in [4.69, 9.17) is 4.74 Å². The summed E-state index contributed by atoms with van der Waals surface area (Å²) >= 11 is 1.52. The van der Waals surface area contributed by atoms with Gasteiger partial charge in [-0.25, -0.2) is 9.59 Å². The highest BCUT2D eigenvalue weighted by atomic mass is 32.2. The third-order valence-corrected chi connectivity index (χ3v) is 4.73. The highest BCUT2D eigenvalue weighted by Crippen LogP contribution is 2.33. The Morgan fingerprint density at radius 2 is 2.24 bits per heavy atom. The van der Waals surface area contributed by atoms with Crippen LogP contribution in [-0.4, -0.2) is 58.9 Å². The van der Waals surface area contributed by atoms with Gasteiger partial charge in [0.05, 0.1) is 18.6 Å². The Morgan fingerprint density at radius 1 is 1.52 bits per heavy atom. The molecule has 0 bridgehead atoms. The van der Waals surface area contributed by atoms with Gasteiger partial charge in [-0.05, 0) is 12.3 Å². The number of ether oxygens (including phenoxy) is 1. The third kappa shape index (κ3) is 5.24. The van der Waals surface area contributed by atoms with E-state index < -0.39 is 12.0 Å². The molecule has 0 aromatic rings. The lowest BCUT2D eigenvalue weighted by Gasteiger charge is -2.29. The summed E-state index contributed by atoms with van der Waals surface area (Å²) in [7, 11) is 0. The van der Waals surface area contributed by atoms with Gasteiger partial charge in [-0.15, -0.1) is 18.3 Å². The summed E-state index contributed by atoms with van der Waals surface area (Å²) in [5.74, 6) is -0.321. The van der Waals surface area contributed by atoms with Gasteiger partial charge in [0.1, 0.15) is 6.04 Å². The maximum atomic E-state index is 12.2.